The number of hydrogen-bond acceptors (Lipinski definition) is 4. The zero-order chi connectivity index (χ0) is 16.8. The Morgan fingerprint density at radius 2 is 1.83 bits per heavy atom. The van der Waals surface area contributed by atoms with Gasteiger partial charge in [0.15, 0.2) is 0 Å². The van der Waals surface area contributed by atoms with E-state index < -0.39 is 0 Å². The molecule has 0 radical (unpaired) electrons. The number of hydrogen-bond donors (Lipinski definition) is 2. The van der Waals surface area contributed by atoms with Crippen LogP contribution in [0.25, 0.3) is 10.9 Å². The van der Waals surface area contributed by atoms with E-state index in [1.54, 1.807) is 12.1 Å². The minimum absolute atomic E-state index is 0.101. The fourth-order valence-electron chi connectivity index (χ4n) is 2.36. The first-order valence-electron chi connectivity index (χ1n) is 7.71. The van der Waals surface area contributed by atoms with E-state index in [1.165, 1.54) is 18.5 Å². The summed E-state index contributed by atoms with van der Waals surface area (Å²) in [5.41, 5.74) is 1.47. The van der Waals surface area contributed by atoms with E-state index in [9.17, 15) is 9.18 Å². The molecule has 0 saturated carbocycles. The second-order valence-corrected chi connectivity index (χ2v) is 5.32. The van der Waals surface area contributed by atoms with Crippen LogP contribution in [0.1, 0.15) is 12.8 Å². The number of anilines is 2. The molecule has 2 N–H and O–H groups in total. The number of fused-ring (bicyclic) bond motifs is 1. The molecule has 0 bridgehead atoms. The molecule has 0 unspecified atom stereocenters. The van der Waals surface area contributed by atoms with E-state index in [1.807, 2.05) is 24.3 Å². The lowest BCUT2D eigenvalue weighted by molar-refractivity contribution is -0.116. The first kappa shape index (κ1) is 15.9. The molecule has 6 heteroatoms. The van der Waals surface area contributed by atoms with Gasteiger partial charge in [0.2, 0.25) is 5.91 Å². The van der Waals surface area contributed by atoms with Crippen LogP contribution in [0.2, 0.25) is 0 Å². The van der Waals surface area contributed by atoms with Crippen LogP contribution in [-0.4, -0.2) is 22.4 Å². The van der Waals surface area contributed by atoms with Crippen LogP contribution >= 0.6 is 0 Å². The van der Waals surface area contributed by atoms with Gasteiger partial charge in [-0.3, -0.25) is 4.79 Å². The van der Waals surface area contributed by atoms with Crippen LogP contribution in [0.3, 0.4) is 0 Å². The zero-order valence-corrected chi connectivity index (χ0v) is 13.0. The number of aromatic nitrogens is 2. The van der Waals surface area contributed by atoms with Crippen molar-refractivity contribution in [2.75, 3.05) is 17.2 Å². The highest BCUT2D eigenvalue weighted by atomic mass is 19.1. The summed E-state index contributed by atoms with van der Waals surface area (Å²) in [4.78, 5) is 20.3. The van der Waals surface area contributed by atoms with E-state index >= 15 is 0 Å². The Kier molecular flexibility index (Phi) is 4.96. The number of amides is 1. The van der Waals surface area contributed by atoms with Crippen molar-refractivity contribution in [1.29, 1.82) is 0 Å². The summed E-state index contributed by atoms with van der Waals surface area (Å²) < 4.78 is 12.8. The fourth-order valence-corrected chi connectivity index (χ4v) is 2.36. The summed E-state index contributed by atoms with van der Waals surface area (Å²) in [6.45, 7) is 0.623. The van der Waals surface area contributed by atoms with Gasteiger partial charge in [-0.1, -0.05) is 12.1 Å². The average molecular weight is 324 g/mol. The molecule has 0 spiro atoms. The van der Waals surface area contributed by atoms with Crippen molar-refractivity contribution in [3.63, 3.8) is 0 Å². The van der Waals surface area contributed by atoms with Gasteiger partial charge >= 0.3 is 0 Å². The van der Waals surface area contributed by atoms with Gasteiger partial charge in [-0.15, -0.1) is 0 Å². The molecule has 0 saturated heterocycles. The summed E-state index contributed by atoms with van der Waals surface area (Å²) >= 11 is 0. The molecular formula is C18H17FN4O. The predicted octanol–water partition coefficient (Wildman–Crippen LogP) is 3.60. The largest absolute Gasteiger partial charge is 0.369 e. The summed E-state index contributed by atoms with van der Waals surface area (Å²) in [5.74, 6) is 0.338. The smallest absolute Gasteiger partial charge is 0.224 e. The second kappa shape index (κ2) is 7.50. The molecule has 0 fully saturated rings. The van der Waals surface area contributed by atoms with E-state index in [0.29, 0.717) is 25.1 Å². The zero-order valence-electron chi connectivity index (χ0n) is 13.0. The molecule has 0 atom stereocenters. The SMILES string of the molecule is O=C(CCCNc1ncnc2ccccc12)Nc1ccc(F)cc1. The van der Waals surface area contributed by atoms with Crippen molar-refractivity contribution in [3.05, 3.63) is 60.7 Å². The number of para-hydroxylation sites is 1. The van der Waals surface area contributed by atoms with Crippen LogP contribution in [0, 0.1) is 5.82 Å². The molecule has 1 amide bonds. The van der Waals surface area contributed by atoms with E-state index in [4.69, 9.17) is 0 Å². The molecule has 0 aliphatic rings. The third-order valence-corrected chi connectivity index (χ3v) is 3.54. The van der Waals surface area contributed by atoms with Gasteiger partial charge in [0.05, 0.1) is 5.52 Å². The molecule has 5 nitrogen and oxygen atoms in total. The first-order valence-corrected chi connectivity index (χ1v) is 7.71. The highest BCUT2D eigenvalue weighted by molar-refractivity contribution is 5.91. The number of carbonyl (C=O) groups excluding carboxylic acids is 1. The third-order valence-electron chi connectivity index (χ3n) is 3.54. The van der Waals surface area contributed by atoms with Crippen LogP contribution in [0.4, 0.5) is 15.9 Å². The van der Waals surface area contributed by atoms with Crippen LogP contribution < -0.4 is 10.6 Å². The Labute approximate surface area is 138 Å². The molecule has 3 aromatic rings. The Morgan fingerprint density at radius 1 is 1.04 bits per heavy atom. The Bertz CT molecular complexity index is 831. The summed E-state index contributed by atoms with van der Waals surface area (Å²) in [5, 5.41) is 6.93. The van der Waals surface area contributed by atoms with Gasteiger partial charge in [0.25, 0.3) is 0 Å². The van der Waals surface area contributed by atoms with E-state index in [2.05, 4.69) is 20.6 Å². The molecule has 0 aliphatic heterocycles. The van der Waals surface area contributed by atoms with Gasteiger partial charge < -0.3 is 10.6 Å². The van der Waals surface area contributed by atoms with Gasteiger partial charge in [-0.2, -0.15) is 0 Å². The lowest BCUT2D eigenvalue weighted by Gasteiger charge is -2.08. The van der Waals surface area contributed by atoms with Crippen molar-refractivity contribution in [2.45, 2.75) is 12.8 Å². The Morgan fingerprint density at radius 3 is 2.67 bits per heavy atom. The number of nitrogens with one attached hydrogen (secondary N) is 2. The molecule has 3 rings (SSSR count). The Hall–Kier alpha value is -3.02. The van der Waals surface area contributed by atoms with Crippen LogP contribution in [0.15, 0.2) is 54.9 Å². The third kappa shape index (κ3) is 4.04. The number of rotatable bonds is 6. The van der Waals surface area contributed by atoms with E-state index in [0.717, 1.165) is 16.7 Å². The maximum atomic E-state index is 12.8. The second-order valence-electron chi connectivity index (χ2n) is 5.32. The van der Waals surface area contributed by atoms with Crippen molar-refractivity contribution >= 4 is 28.3 Å². The van der Waals surface area contributed by atoms with Gasteiger partial charge in [0, 0.05) is 24.0 Å². The quantitative estimate of drug-likeness (QED) is 0.680. The first-order chi connectivity index (χ1) is 11.7. The number of nitrogens with zero attached hydrogens (tertiary/aromatic N) is 2. The number of carbonyl (C=O) groups is 1. The van der Waals surface area contributed by atoms with Gasteiger partial charge in [0.1, 0.15) is 18.0 Å². The maximum Gasteiger partial charge on any atom is 0.224 e. The molecular weight excluding hydrogens is 307 g/mol. The average Bonchev–Trinajstić information content (AvgIpc) is 2.61. The normalized spacial score (nSPS) is 10.5. The molecule has 122 valence electrons. The predicted molar refractivity (Wildman–Crippen MR) is 92.3 cm³/mol. The van der Waals surface area contributed by atoms with Crippen LogP contribution in [0.5, 0.6) is 0 Å². The molecule has 0 aliphatic carbocycles. The molecule has 1 aromatic heterocycles. The number of benzene rings is 2. The van der Waals surface area contributed by atoms with Crippen molar-refractivity contribution in [3.8, 4) is 0 Å². The monoisotopic (exact) mass is 324 g/mol. The van der Waals surface area contributed by atoms with Crippen molar-refractivity contribution in [1.82, 2.24) is 9.97 Å². The molecule has 2 aromatic carbocycles. The molecule has 24 heavy (non-hydrogen) atoms. The highest BCUT2D eigenvalue weighted by Gasteiger charge is 2.04. The summed E-state index contributed by atoms with van der Waals surface area (Å²) in [7, 11) is 0. The van der Waals surface area contributed by atoms with Crippen LogP contribution in [-0.2, 0) is 4.79 Å². The maximum absolute atomic E-state index is 12.8. The van der Waals surface area contributed by atoms with Gasteiger partial charge in [-0.05, 0) is 42.8 Å². The summed E-state index contributed by atoms with van der Waals surface area (Å²) in [6, 6.07) is 13.5. The van der Waals surface area contributed by atoms with E-state index in [-0.39, 0.29) is 11.7 Å². The lowest BCUT2D eigenvalue weighted by atomic mass is 10.2. The van der Waals surface area contributed by atoms with Gasteiger partial charge in [-0.25, -0.2) is 14.4 Å². The summed E-state index contributed by atoms with van der Waals surface area (Å²) in [6.07, 6.45) is 2.55. The number of halogens is 1. The molecule has 1 heterocycles. The standard InChI is InChI=1S/C18H17FN4O/c19-13-7-9-14(10-8-13)23-17(24)6-3-11-20-18-15-4-1-2-5-16(15)21-12-22-18/h1-2,4-5,7-10,12H,3,6,11H2,(H,23,24)(H,20,21,22). The Balaban J connectivity index is 1.48. The topological polar surface area (TPSA) is 66.9 Å². The highest BCUT2D eigenvalue weighted by Crippen LogP contribution is 2.18. The minimum Gasteiger partial charge on any atom is -0.369 e. The minimum atomic E-state index is -0.325. The van der Waals surface area contributed by atoms with Crippen molar-refractivity contribution < 1.29 is 9.18 Å². The lowest BCUT2D eigenvalue weighted by Crippen LogP contribution is -2.13. The van der Waals surface area contributed by atoms with Crippen molar-refractivity contribution in [2.24, 2.45) is 0 Å². The fraction of sp³-hybridized carbons (Fsp3) is 0.167.